The third-order valence-corrected chi connectivity index (χ3v) is 1.65. The number of nitrogens with one attached hydrogen (secondary N) is 2. The van der Waals surface area contributed by atoms with Crippen molar-refractivity contribution >= 4 is 0 Å². The van der Waals surface area contributed by atoms with Crippen molar-refractivity contribution in [1.82, 2.24) is 10.6 Å². The molecule has 1 saturated heterocycles. The average Bonchev–Trinajstić information content (AvgIpc) is 1.88. The topological polar surface area (TPSA) is 33.3 Å². The molecule has 2 unspecified atom stereocenters. The van der Waals surface area contributed by atoms with Crippen LogP contribution in [0.1, 0.15) is 6.42 Å². The van der Waals surface area contributed by atoms with Crippen molar-refractivity contribution in [2.45, 2.75) is 18.8 Å². The first-order chi connectivity index (χ1) is 4.45. The number of ether oxygens (including phenoxy) is 1. The van der Waals surface area contributed by atoms with E-state index in [1.807, 2.05) is 6.08 Å². The number of hydrogen-bond donors (Lipinski definition) is 2. The molecule has 2 rings (SSSR count). The molecule has 0 radical (unpaired) electrons. The van der Waals surface area contributed by atoms with Crippen LogP contribution >= 0.6 is 0 Å². The summed E-state index contributed by atoms with van der Waals surface area (Å²) in [4.78, 5) is 0. The molecular weight excluding hydrogens is 116 g/mol. The predicted octanol–water partition coefficient (Wildman–Crippen LogP) is -0.235. The fourth-order valence-corrected chi connectivity index (χ4v) is 1.16. The van der Waals surface area contributed by atoms with Crippen LogP contribution in [0.25, 0.3) is 0 Å². The van der Waals surface area contributed by atoms with E-state index in [-0.39, 0.29) is 6.23 Å². The molecule has 2 aliphatic heterocycles. The lowest BCUT2D eigenvalue weighted by Gasteiger charge is -2.32. The van der Waals surface area contributed by atoms with Gasteiger partial charge in [0.1, 0.15) is 0 Å². The van der Waals surface area contributed by atoms with Gasteiger partial charge in [-0.05, 0) is 6.08 Å². The zero-order chi connectivity index (χ0) is 6.10. The minimum atomic E-state index is 0.251. The third kappa shape index (κ3) is 0.930. The summed E-state index contributed by atoms with van der Waals surface area (Å²) in [7, 11) is 0. The highest BCUT2D eigenvalue weighted by Crippen LogP contribution is 2.06. The fraction of sp³-hybridized carbons (Fsp3) is 0.667. The maximum absolute atomic E-state index is 5.22. The molecule has 9 heavy (non-hydrogen) atoms. The van der Waals surface area contributed by atoms with E-state index in [1.54, 1.807) is 6.26 Å². The second kappa shape index (κ2) is 2.01. The molecule has 0 aromatic carbocycles. The van der Waals surface area contributed by atoms with E-state index in [2.05, 4.69) is 10.6 Å². The van der Waals surface area contributed by atoms with Gasteiger partial charge in [-0.25, -0.2) is 0 Å². The first-order valence-electron chi connectivity index (χ1n) is 3.27. The molecule has 0 saturated carbocycles. The molecule has 2 heterocycles. The van der Waals surface area contributed by atoms with E-state index in [0.717, 1.165) is 13.0 Å². The van der Waals surface area contributed by atoms with Crippen LogP contribution in [0.2, 0.25) is 0 Å². The Morgan fingerprint density at radius 1 is 1.56 bits per heavy atom. The van der Waals surface area contributed by atoms with Crippen LogP contribution in [0.15, 0.2) is 12.3 Å². The maximum atomic E-state index is 5.22. The van der Waals surface area contributed by atoms with Crippen LogP contribution in [-0.2, 0) is 4.74 Å². The quantitative estimate of drug-likeness (QED) is 0.470. The predicted molar refractivity (Wildman–Crippen MR) is 33.6 cm³/mol. The van der Waals surface area contributed by atoms with Crippen LogP contribution in [0, 0.1) is 0 Å². The van der Waals surface area contributed by atoms with Gasteiger partial charge >= 0.3 is 0 Å². The number of fused-ring (bicyclic) bond motifs is 2. The molecule has 1 fully saturated rings. The Labute approximate surface area is 54.1 Å². The van der Waals surface area contributed by atoms with Gasteiger partial charge in [0.2, 0.25) is 0 Å². The Hall–Kier alpha value is -0.540. The van der Waals surface area contributed by atoms with Gasteiger partial charge in [-0.15, -0.1) is 0 Å². The summed E-state index contributed by atoms with van der Waals surface area (Å²) in [5.41, 5.74) is 0. The van der Waals surface area contributed by atoms with Crippen molar-refractivity contribution in [2.75, 3.05) is 6.54 Å². The van der Waals surface area contributed by atoms with Crippen LogP contribution < -0.4 is 10.6 Å². The van der Waals surface area contributed by atoms with Crippen LogP contribution in [0.4, 0.5) is 0 Å². The third-order valence-electron chi connectivity index (χ3n) is 1.65. The summed E-state index contributed by atoms with van der Waals surface area (Å²) in [6, 6.07) is 0. The van der Waals surface area contributed by atoms with E-state index in [0.29, 0.717) is 6.17 Å². The van der Waals surface area contributed by atoms with Gasteiger partial charge in [-0.2, -0.15) is 0 Å². The second-order valence-electron chi connectivity index (χ2n) is 2.34. The summed E-state index contributed by atoms with van der Waals surface area (Å²) in [5, 5.41) is 6.51. The molecule has 2 N–H and O–H groups in total. The number of rotatable bonds is 0. The molecule has 0 aliphatic carbocycles. The molecule has 0 aromatic heterocycles. The summed E-state index contributed by atoms with van der Waals surface area (Å²) in [5.74, 6) is 0. The van der Waals surface area contributed by atoms with Crippen molar-refractivity contribution in [3.63, 3.8) is 0 Å². The summed E-state index contributed by atoms with van der Waals surface area (Å²) in [6.45, 7) is 1.05. The van der Waals surface area contributed by atoms with E-state index in [1.165, 1.54) is 0 Å². The lowest BCUT2D eigenvalue weighted by Crippen LogP contribution is -2.54. The number of hydrogen-bond acceptors (Lipinski definition) is 3. The van der Waals surface area contributed by atoms with Crippen LogP contribution in [0.5, 0.6) is 0 Å². The van der Waals surface area contributed by atoms with Gasteiger partial charge in [0.25, 0.3) is 0 Å². The molecule has 2 aliphatic rings. The van der Waals surface area contributed by atoms with Gasteiger partial charge in [0.05, 0.1) is 12.4 Å². The maximum Gasteiger partial charge on any atom is 0.151 e. The zero-order valence-electron chi connectivity index (χ0n) is 5.13. The zero-order valence-corrected chi connectivity index (χ0v) is 5.13. The molecule has 3 heteroatoms. The second-order valence-corrected chi connectivity index (χ2v) is 2.34. The highest BCUT2D eigenvalue weighted by atomic mass is 16.5. The van der Waals surface area contributed by atoms with Gasteiger partial charge in [-0.3, -0.25) is 10.6 Å². The molecule has 0 amide bonds. The molecule has 2 atom stereocenters. The highest BCUT2D eigenvalue weighted by molar-refractivity contribution is 4.95. The first kappa shape index (κ1) is 5.26. The van der Waals surface area contributed by atoms with Crippen LogP contribution in [0.3, 0.4) is 0 Å². The van der Waals surface area contributed by atoms with Gasteiger partial charge < -0.3 is 4.74 Å². The molecule has 3 nitrogen and oxygen atoms in total. The molecule has 0 aromatic rings. The van der Waals surface area contributed by atoms with Crippen molar-refractivity contribution in [3.05, 3.63) is 12.3 Å². The minimum absolute atomic E-state index is 0.251. The first-order valence-corrected chi connectivity index (χ1v) is 3.27. The summed E-state index contributed by atoms with van der Waals surface area (Å²) < 4.78 is 5.22. The smallest absolute Gasteiger partial charge is 0.151 e. The Kier molecular flexibility index (Phi) is 1.17. The Morgan fingerprint density at radius 2 is 2.56 bits per heavy atom. The Balaban J connectivity index is 2.09. The Morgan fingerprint density at radius 3 is 3.33 bits per heavy atom. The van der Waals surface area contributed by atoms with E-state index in [4.69, 9.17) is 4.74 Å². The lowest BCUT2D eigenvalue weighted by atomic mass is 10.2. The van der Waals surface area contributed by atoms with Gasteiger partial charge in [-0.1, -0.05) is 0 Å². The monoisotopic (exact) mass is 126 g/mol. The molecule has 0 spiro atoms. The Bertz CT molecular complexity index is 135. The SMILES string of the molecule is C1=CC2NCCC(N2)O1. The fourth-order valence-electron chi connectivity index (χ4n) is 1.16. The minimum Gasteiger partial charge on any atom is -0.483 e. The van der Waals surface area contributed by atoms with Gasteiger partial charge in [0.15, 0.2) is 6.23 Å². The van der Waals surface area contributed by atoms with Gasteiger partial charge in [0, 0.05) is 13.0 Å². The highest BCUT2D eigenvalue weighted by Gasteiger charge is 2.21. The molecule has 50 valence electrons. The van der Waals surface area contributed by atoms with Crippen LogP contribution in [-0.4, -0.2) is 18.9 Å². The normalized spacial score (nSPS) is 40.0. The van der Waals surface area contributed by atoms with E-state index >= 15 is 0 Å². The van der Waals surface area contributed by atoms with Crippen molar-refractivity contribution in [2.24, 2.45) is 0 Å². The average molecular weight is 126 g/mol. The molecule has 2 bridgehead atoms. The molecular formula is C6H10N2O. The summed E-state index contributed by atoms with van der Waals surface area (Å²) in [6.07, 6.45) is 5.40. The largest absolute Gasteiger partial charge is 0.483 e. The van der Waals surface area contributed by atoms with E-state index < -0.39 is 0 Å². The summed E-state index contributed by atoms with van der Waals surface area (Å²) >= 11 is 0. The van der Waals surface area contributed by atoms with Crippen molar-refractivity contribution in [3.8, 4) is 0 Å². The van der Waals surface area contributed by atoms with Crippen molar-refractivity contribution < 1.29 is 4.74 Å². The standard InChI is InChI=1S/C6H10N2O/c1-3-7-5-2-4-9-6(1)8-5/h2,4-8H,1,3H2. The van der Waals surface area contributed by atoms with E-state index in [9.17, 15) is 0 Å². The van der Waals surface area contributed by atoms with Crippen molar-refractivity contribution in [1.29, 1.82) is 0 Å². The lowest BCUT2D eigenvalue weighted by molar-refractivity contribution is 0.0546.